The second-order valence-electron chi connectivity index (χ2n) is 6.86. The lowest BCUT2D eigenvalue weighted by Gasteiger charge is -2.49. The number of likely N-dealkylation sites (N-methyl/N-ethyl adjacent to an activating group) is 1. The van der Waals surface area contributed by atoms with E-state index in [1.807, 2.05) is 7.05 Å². The van der Waals surface area contributed by atoms with Gasteiger partial charge in [0.1, 0.15) is 0 Å². The maximum Gasteiger partial charge on any atom is 0.360 e. The Morgan fingerprint density at radius 1 is 1.52 bits per heavy atom. The molecule has 0 N–H and O–H groups in total. The number of carbonyl (C=O) groups is 2. The van der Waals surface area contributed by atoms with E-state index in [4.69, 9.17) is 0 Å². The van der Waals surface area contributed by atoms with E-state index in [0.717, 1.165) is 25.9 Å². The second kappa shape index (κ2) is 7.35. The van der Waals surface area contributed by atoms with Crippen LogP contribution >= 0.6 is 0 Å². The molecular formula is C17H25N5O3. The van der Waals surface area contributed by atoms with E-state index in [1.165, 1.54) is 7.11 Å². The third kappa shape index (κ3) is 3.58. The predicted molar refractivity (Wildman–Crippen MR) is 90.8 cm³/mol. The van der Waals surface area contributed by atoms with E-state index in [1.54, 1.807) is 21.9 Å². The van der Waals surface area contributed by atoms with Gasteiger partial charge >= 0.3 is 5.97 Å². The van der Waals surface area contributed by atoms with E-state index in [2.05, 4.69) is 26.5 Å². The van der Waals surface area contributed by atoms with Crippen molar-refractivity contribution in [2.24, 2.45) is 11.8 Å². The van der Waals surface area contributed by atoms with Crippen molar-refractivity contribution in [1.82, 2.24) is 24.8 Å². The molecule has 8 heteroatoms. The molecular weight excluding hydrogens is 322 g/mol. The van der Waals surface area contributed by atoms with E-state index >= 15 is 0 Å². The minimum Gasteiger partial charge on any atom is -0.464 e. The van der Waals surface area contributed by atoms with Crippen LogP contribution in [0.1, 0.15) is 23.3 Å². The monoisotopic (exact) mass is 347 g/mol. The van der Waals surface area contributed by atoms with Gasteiger partial charge in [-0.25, -0.2) is 4.79 Å². The van der Waals surface area contributed by atoms with Gasteiger partial charge < -0.3 is 9.64 Å². The molecule has 0 radical (unpaired) electrons. The molecule has 0 saturated carbocycles. The SMILES string of the molecule is C=CCN(C)C(=O)[C@H]1CN2CC[C@@H]1C[C@@H]2Cn1cc(C(=O)OC)nn1. The van der Waals surface area contributed by atoms with Crippen molar-refractivity contribution in [3.05, 3.63) is 24.5 Å². The van der Waals surface area contributed by atoms with Crippen LogP contribution < -0.4 is 0 Å². The zero-order valence-corrected chi connectivity index (χ0v) is 14.8. The molecule has 136 valence electrons. The summed E-state index contributed by atoms with van der Waals surface area (Å²) in [6, 6.07) is 0.319. The fourth-order valence-corrected chi connectivity index (χ4v) is 3.98. The summed E-state index contributed by atoms with van der Waals surface area (Å²) in [4.78, 5) is 28.2. The zero-order chi connectivity index (χ0) is 18.0. The number of esters is 1. The lowest BCUT2D eigenvalue weighted by atomic mass is 9.75. The van der Waals surface area contributed by atoms with Crippen molar-refractivity contribution in [3.8, 4) is 0 Å². The van der Waals surface area contributed by atoms with Crippen LogP contribution in [-0.4, -0.2) is 76.5 Å². The second-order valence-corrected chi connectivity index (χ2v) is 6.86. The van der Waals surface area contributed by atoms with Crippen molar-refractivity contribution in [2.45, 2.75) is 25.4 Å². The molecule has 0 spiro atoms. The van der Waals surface area contributed by atoms with Crippen LogP contribution in [0.4, 0.5) is 0 Å². The molecule has 2 bridgehead atoms. The first-order valence-corrected chi connectivity index (χ1v) is 8.61. The summed E-state index contributed by atoms with van der Waals surface area (Å²) in [5.74, 6) is 0.198. The third-order valence-corrected chi connectivity index (χ3v) is 5.31. The Hall–Kier alpha value is -2.22. The number of hydrogen-bond donors (Lipinski definition) is 0. The van der Waals surface area contributed by atoms with Crippen LogP contribution in [0.3, 0.4) is 0 Å². The van der Waals surface area contributed by atoms with E-state index < -0.39 is 5.97 Å². The Balaban J connectivity index is 1.62. The highest BCUT2D eigenvalue weighted by Gasteiger charge is 2.44. The highest BCUT2D eigenvalue weighted by molar-refractivity contribution is 5.86. The molecule has 3 aliphatic rings. The largest absolute Gasteiger partial charge is 0.464 e. The van der Waals surface area contributed by atoms with E-state index in [9.17, 15) is 9.59 Å². The van der Waals surface area contributed by atoms with Crippen LogP contribution in [0, 0.1) is 11.8 Å². The summed E-state index contributed by atoms with van der Waals surface area (Å²) >= 11 is 0. The number of carbonyl (C=O) groups excluding carboxylic acids is 2. The Bertz CT molecular complexity index is 658. The molecule has 3 aliphatic heterocycles. The molecule has 1 aromatic heterocycles. The van der Waals surface area contributed by atoms with Gasteiger partial charge in [0, 0.05) is 26.2 Å². The average Bonchev–Trinajstić information content (AvgIpc) is 3.09. The number of methoxy groups -OCH3 is 1. The van der Waals surface area contributed by atoms with Gasteiger partial charge in [0.15, 0.2) is 5.69 Å². The van der Waals surface area contributed by atoms with E-state index in [0.29, 0.717) is 25.0 Å². The number of rotatable bonds is 6. The van der Waals surface area contributed by atoms with E-state index in [-0.39, 0.29) is 17.5 Å². The molecule has 8 nitrogen and oxygen atoms in total. The lowest BCUT2D eigenvalue weighted by molar-refractivity contribution is -0.142. The summed E-state index contributed by atoms with van der Waals surface area (Å²) in [5, 5.41) is 7.87. The van der Waals surface area contributed by atoms with Gasteiger partial charge in [-0.15, -0.1) is 11.7 Å². The lowest BCUT2D eigenvalue weighted by Crippen LogP contribution is -2.58. The first-order valence-electron chi connectivity index (χ1n) is 8.61. The molecule has 4 heterocycles. The molecule has 4 rings (SSSR count). The van der Waals surface area contributed by atoms with Gasteiger partial charge in [0.05, 0.1) is 25.8 Å². The summed E-state index contributed by atoms with van der Waals surface area (Å²) in [5.41, 5.74) is 0.220. The number of ether oxygens (including phenoxy) is 1. The number of aromatic nitrogens is 3. The fraction of sp³-hybridized carbons (Fsp3) is 0.647. The van der Waals surface area contributed by atoms with Crippen molar-refractivity contribution in [3.63, 3.8) is 0 Å². The van der Waals surface area contributed by atoms with Gasteiger partial charge in [-0.2, -0.15) is 0 Å². The Morgan fingerprint density at radius 2 is 2.32 bits per heavy atom. The quantitative estimate of drug-likeness (QED) is 0.548. The Labute approximate surface area is 147 Å². The number of amides is 1. The smallest absolute Gasteiger partial charge is 0.360 e. The summed E-state index contributed by atoms with van der Waals surface area (Å²) in [6.07, 6.45) is 5.40. The predicted octanol–water partition coefficient (Wildman–Crippen LogP) is 0.420. The molecule has 3 fully saturated rings. The minimum absolute atomic E-state index is 0.0660. The van der Waals surface area contributed by atoms with Crippen LogP contribution in [0.15, 0.2) is 18.9 Å². The molecule has 4 atom stereocenters. The van der Waals surface area contributed by atoms with Crippen molar-refractivity contribution in [2.75, 3.05) is 33.8 Å². The van der Waals surface area contributed by atoms with Gasteiger partial charge in [-0.05, 0) is 25.3 Å². The van der Waals surface area contributed by atoms with Crippen LogP contribution in [0.2, 0.25) is 0 Å². The van der Waals surface area contributed by atoms with Crippen molar-refractivity contribution >= 4 is 11.9 Å². The number of hydrogen-bond acceptors (Lipinski definition) is 6. The summed E-state index contributed by atoms with van der Waals surface area (Å²) < 4.78 is 6.35. The van der Waals surface area contributed by atoms with Crippen molar-refractivity contribution < 1.29 is 14.3 Å². The van der Waals surface area contributed by atoms with Crippen LogP contribution in [0.5, 0.6) is 0 Å². The highest BCUT2D eigenvalue weighted by Crippen LogP contribution is 2.37. The molecule has 0 aliphatic carbocycles. The molecule has 1 unspecified atom stereocenters. The minimum atomic E-state index is -0.479. The zero-order valence-electron chi connectivity index (χ0n) is 14.8. The molecule has 3 saturated heterocycles. The highest BCUT2D eigenvalue weighted by atomic mass is 16.5. The molecule has 0 aromatic carbocycles. The molecule has 1 amide bonds. The molecule has 25 heavy (non-hydrogen) atoms. The topological polar surface area (TPSA) is 80.6 Å². The van der Waals surface area contributed by atoms with Crippen molar-refractivity contribution in [1.29, 1.82) is 0 Å². The third-order valence-electron chi connectivity index (χ3n) is 5.31. The molecule has 1 aromatic rings. The van der Waals surface area contributed by atoms with Crippen LogP contribution in [-0.2, 0) is 16.1 Å². The Morgan fingerprint density at radius 3 is 2.96 bits per heavy atom. The summed E-state index contributed by atoms with van der Waals surface area (Å²) in [6.45, 7) is 6.75. The average molecular weight is 347 g/mol. The number of fused-ring (bicyclic) bond motifs is 3. The standard InChI is InChI=1S/C17H25N5O3/c1-4-6-20(2)16(23)14-10-21-7-5-12(14)8-13(21)9-22-11-15(18-19-22)17(24)25-3/h4,11-14H,1,5-10H2,2-3H3/t12-,13-,14+/m1/s1. The number of nitrogens with zero attached hydrogens (tertiary/aromatic N) is 5. The number of piperidine rings is 3. The maximum absolute atomic E-state index is 12.6. The normalized spacial score (nSPS) is 27.8. The first-order chi connectivity index (χ1) is 12.0. The van der Waals surface area contributed by atoms with Gasteiger partial charge in [0.25, 0.3) is 0 Å². The van der Waals surface area contributed by atoms with Crippen LogP contribution in [0.25, 0.3) is 0 Å². The first kappa shape index (κ1) is 17.6. The summed E-state index contributed by atoms with van der Waals surface area (Å²) in [7, 11) is 3.16. The maximum atomic E-state index is 12.6. The van der Waals surface area contributed by atoms with Gasteiger partial charge in [-0.1, -0.05) is 11.3 Å². The fourth-order valence-electron chi connectivity index (χ4n) is 3.98. The Kier molecular flexibility index (Phi) is 5.17. The van der Waals surface area contributed by atoms with Gasteiger partial charge in [-0.3, -0.25) is 14.4 Å². The van der Waals surface area contributed by atoms with Gasteiger partial charge in [0.2, 0.25) is 5.91 Å².